The standard InChI is InChI=1S/C13H9F/c14-11-5-6-13-10(8-11)7-9-3-1-2-4-12(9)13/h1-8,10H/t10-/m0/s1. The summed E-state index contributed by atoms with van der Waals surface area (Å²) < 4.78 is 13.0. The number of fused-ring (bicyclic) bond motifs is 2. The molecule has 0 heterocycles. The first-order valence-corrected chi connectivity index (χ1v) is 4.71. The summed E-state index contributed by atoms with van der Waals surface area (Å²) in [6, 6.07) is 8.18. The Morgan fingerprint density at radius 3 is 2.79 bits per heavy atom. The summed E-state index contributed by atoms with van der Waals surface area (Å²) in [5, 5.41) is 2.45. The summed E-state index contributed by atoms with van der Waals surface area (Å²) in [5.74, 6) is 0.000191. The summed E-state index contributed by atoms with van der Waals surface area (Å²) >= 11 is 0. The van der Waals surface area contributed by atoms with Crippen molar-refractivity contribution in [1.29, 1.82) is 0 Å². The Balaban J connectivity index is 2.36. The Bertz CT molecular complexity index is 561. The number of halogens is 1. The molecule has 0 spiro atoms. The van der Waals surface area contributed by atoms with Crippen molar-refractivity contribution in [1.82, 2.24) is 0 Å². The van der Waals surface area contributed by atoms with Crippen molar-refractivity contribution in [2.45, 2.75) is 0 Å². The molecule has 68 valence electrons. The highest BCUT2D eigenvalue weighted by molar-refractivity contribution is 5.74. The van der Waals surface area contributed by atoms with Gasteiger partial charge in [0.15, 0.2) is 0 Å². The second-order valence-electron chi connectivity index (χ2n) is 3.62. The Morgan fingerprint density at radius 1 is 1.00 bits per heavy atom. The molecule has 1 aromatic carbocycles. The van der Waals surface area contributed by atoms with E-state index >= 15 is 0 Å². The van der Waals surface area contributed by atoms with Crippen LogP contribution in [0.25, 0.3) is 11.6 Å². The van der Waals surface area contributed by atoms with Crippen LogP contribution < -0.4 is 10.4 Å². The van der Waals surface area contributed by atoms with Gasteiger partial charge in [0.05, 0.1) is 0 Å². The van der Waals surface area contributed by atoms with Gasteiger partial charge in [-0.25, -0.2) is 4.39 Å². The lowest BCUT2D eigenvalue weighted by Gasteiger charge is -2.09. The van der Waals surface area contributed by atoms with E-state index in [1.165, 1.54) is 22.1 Å². The molecule has 0 saturated carbocycles. The Labute approximate surface area is 81.4 Å². The number of hydrogen-bond acceptors (Lipinski definition) is 0. The lowest BCUT2D eigenvalue weighted by atomic mass is 9.96. The van der Waals surface area contributed by atoms with Crippen molar-refractivity contribution in [3.05, 3.63) is 58.8 Å². The van der Waals surface area contributed by atoms with Crippen LogP contribution in [-0.4, -0.2) is 0 Å². The Hall–Kier alpha value is -1.63. The minimum Gasteiger partial charge on any atom is -0.207 e. The van der Waals surface area contributed by atoms with Gasteiger partial charge in [-0.3, -0.25) is 0 Å². The van der Waals surface area contributed by atoms with Gasteiger partial charge < -0.3 is 0 Å². The minimum absolute atomic E-state index is 0.136. The highest BCUT2D eigenvalue weighted by Gasteiger charge is 2.16. The zero-order chi connectivity index (χ0) is 9.54. The van der Waals surface area contributed by atoms with E-state index in [-0.39, 0.29) is 11.7 Å². The molecule has 0 aromatic heterocycles. The fourth-order valence-corrected chi connectivity index (χ4v) is 2.10. The van der Waals surface area contributed by atoms with Crippen LogP contribution in [0.15, 0.2) is 48.3 Å². The van der Waals surface area contributed by atoms with Crippen LogP contribution in [-0.2, 0) is 0 Å². The number of rotatable bonds is 0. The predicted octanol–water partition coefficient (Wildman–Crippen LogP) is 1.67. The number of allylic oxidation sites excluding steroid dienone is 4. The van der Waals surface area contributed by atoms with Crippen molar-refractivity contribution < 1.29 is 4.39 Å². The van der Waals surface area contributed by atoms with Crippen molar-refractivity contribution in [3.8, 4) is 0 Å². The van der Waals surface area contributed by atoms with Gasteiger partial charge in [0.1, 0.15) is 5.83 Å². The van der Waals surface area contributed by atoms with Gasteiger partial charge in [-0.05, 0) is 28.2 Å². The quantitative estimate of drug-likeness (QED) is 0.575. The zero-order valence-electron chi connectivity index (χ0n) is 7.57. The van der Waals surface area contributed by atoms with Crippen LogP contribution in [0.4, 0.5) is 4.39 Å². The Morgan fingerprint density at radius 2 is 1.86 bits per heavy atom. The molecule has 1 heteroatoms. The molecule has 0 aliphatic heterocycles. The van der Waals surface area contributed by atoms with E-state index in [0.717, 1.165) is 0 Å². The molecule has 2 aliphatic carbocycles. The average Bonchev–Trinajstić information content (AvgIpc) is 2.54. The molecular formula is C13H9F. The van der Waals surface area contributed by atoms with Gasteiger partial charge in [0.2, 0.25) is 0 Å². The summed E-state index contributed by atoms with van der Waals surface area (Å²) in [6.07, 6.45) is 7.17. The first-order chi connectivity index (χ1) is 6.84. The van der Waals surface area contributed by atoms with Crippen LogP contribution in [0.1, 0.15) is 0 Å². The van der Waals surface area contributed by atoms with E-state index in [1.807, 2.05) is 18.2 Å². The van der Waals surface area contributed by atoms with Crippen molar-refractivity contribution in [3.63, 3.8) is 0 Å². The van der Waals surface area contributed by atoms with E-state index in [9.17, 15) is 4.39 Å². The summed E-state index contributed by atoms with van der Waals surface area (Å²) in [6.45, 7) is 0. The third-order valence-corrected chi connectivity index (χ3v) is 2.75. The van der Waals surface area contributed by atoms with Crippen molar-refractivity contribution in [2.24, 2.45) is 5.92 Å². The smallest absolute Gasteiger partial charge is 0.120 e. The van der Waals surface area contributed by atoms with Gasteiger partial charge in [0.25, 0.3) is 0 Å². The third kappa shape index (κ3) is 0.987. The maximum absolute atomic E-state index is 13.0. The van der Waals surface area contributed by atoms with Gasteiger partial charge in [0, 0.05) is 5.92 Å². The maximum atomic E-state index is 13.0. The van der Waals surface area contributed by atoms with Gasteiger partial charge >= 0.3 is 0 Å². The second-order valence-corrected chi connectivity index (χ2v) is 3.62. The molecule has 0 nitrogen and oxygen atoms in total. The fourth-order valence-electron chi connectivity index (χ4n) is 2.10. The summed E-state index contributed by atoms with van der Waals surface area (Å²) in [7, 11) is 0. The molecule has 0 saturated heterocycles. The largest absolute Gasteiger partial charge is 0.207 e. The second kappa shape index (κ2) is 2.68. The molecular weight excluding hydrogens is 175 g/mol. The van der Waals surface area contributed by atoms with Crippen LogP contribution in [0.3, 0.4) is 0 Å². The van der Waals surface area contributed by atoms with E-state index in [1.54, 1.807) is 6.08 Å². The molecule has 0 N–H and O–H groups in total. The molecule has 0 amide bonds. The number of benzene rings is 1. The molecule has 2 aliphatic rings. The van der Waals surface area contributed by atoms with Crippen LogP contribution in [0.2, 0.25) is 0 Å². The first kappa shape index (κ1) is 7.74. The van der Waals surface area contributed by atoms with Gasteiger partial charge in [-0.2, -0.15) is 0 Å². The summed E-state index contributed by atoms with van der Waals surface area (Å²) in [5.41, 5.74) is 1.21. The third-order valence-electron chi connectivity index (χ3n) is 2.75. The minimum atomic E-state index is -0.136. The van der Waals surface area contributed by atoms with Crippen molar-refractivity contribution in [2.75, 3.05) is 0 Å². The van der Waals surface area contributed by atoms with E-state index in [4.69, 9.17) is 0 Å². The molecule has 0 fully saturated rings. The molecule has 1 aromatic rings. The van der Waals surface area contributed by atoms with E-state index in [2.05, 4.69) is 18.2 Å². The average molecular weight is 184 g/mol. The zero-order valence-corrected chi connectivity index (χ0v) is 7.57. The van der Waals surface area contributed by atoms with Crippen LogP contribution in [0, 0.1) is 5.92 Å². The van der Waals surface area contributed by atoms with E-state index < -0.39 is 0 Å². The SMILES string of the molecule is FC1=C[C@@H]2C=c3ccccc3=C2C=C1. The van der Waals surface area contributed by atoms with Gasteiger partial charge in [-0.1, -0.05) is 36.4 Å². The molecule has 0 unspecified atom stereocenters. The van der Waals surface area contributed by atoms with Crippen LogP contribution >= 0.6 is 0 Å². The highest BCUT2D eigenvalue weighted by Crippen LogP contribution is 2.25. The maximum Gasteiger partial charge on any atom is 0.120 e. The van der Waals surface area contributed by atoms with Gasteiger partial charge in [-0.15, -0.1) is 0 Å². The lowest BCUT2D eigenvalue weighted by molar-refractivity contribution is 0.656. The molecule has 3 rings (SSSR count). The molecule has 0 bridgehead atoms. The normalized spacial score (nSPS) is 22.5. The topological polar surface area (TPSA) is 0 Å². The predicted molar refractivity (Wildman–Crippen MR) is 55.4 cm³/mol. The lowest BCUT2D eigenvalue weighted by Crippen LogP contribution is -2.21. The molecule has 0 radical (unpaired) electrons. The first-order valence-electron chi connectivity index (χ1n) is 4.71. The number of hydrogen-bond donors (Lipinski definition) is 0. The van der Waals surface area contributed by atoms with Crippen molar-refractivity contribution >= 4 is 11.6 Å². The molecule has 1 atom stereocenters. The molecule has 14 heavy (non-hydrogen) atoms. The summed E-state index contributed by atoms with van der Waals surface area (Å²) in [4.78, 5) is 0. The fraction of sp³-hybridized carbons (Fsp3) is 0.0769. The highest BCUT2D eigenvalue weighted by atomic mass is 19.1. The van der Waals surface area contributed by atoms with E-state index in [0.29, 0.717) is 0 Å². The Kier molecular flexibility index (Phi) is 1.48. The van der Waals surface area contributed by atoms with Crippen LogP contribution in [0.5, 0.6) is 0 Å². The monoisotopic (exact) mass is 184 g/mol.